The Morgan fingerprint density at radius 2 is 1.88 bits per heavy atom. The molecule has 10 heteroatoms. The van der Waals surface area contributed by atoms with Crippen LogP contribution in [0.1, 0.15) is 10.4 Å². The number of esters is 1. The lowest BCUT2D eigenvalue weighted by Gasteiger charge is -2.33. The first-order valence-electron chi connectivity index (χ1n) is 7.46. The van der Waals surface area contributed by atoms with Crippen LogP contribution in [-0.4, -0.2) is 74.8 Å². The van der Waals surface area contributed by atoms with Gasteiger partial charge in [0.2, 0.25) is 10.0 Å². The van der Waals surface area contributed by atoms with Gasteiger partial charge < -0.3 is 9.64 Å². The van der Waals surface area contributed by atoms with Gasteiger partial charge in [-0.15, -0.1) is 11.8 Å². The third-order valence-corrected chi connectivity index (χ3v) is 6.14. The maximum absolute atomic E-state index is 12.1. The maximum Gasteiger partial charge on any atom is 0.340 e. The van der Waals surface area contributed by atoms with Gasteiger partial charge >= 0.3 is 5.97 Å². The van der Waals surface area contributed by atoms with Crippen LogP contribution in [0.25, 0.3) is 0 Å². The fourth-order valence-electron chi connectivity index (χ4n) is 2.35. The van der Waals surface area contributed by atoms with Crippen molar-refractivity contribution in [3.8, 4) is 0 Å². The Hall–Kier alpha value is -1.29. The van der Waals surface area contributed by atoms with E-state index in [1.807, 2.05) is 6.26 Å². The zero-order chi connectivity index (χ0) is 18.6. The molecule has 1 fully saturated rings. The fraction of sp³-hybridized carbons (Fsp3) is 0.467. The lowest BCUT2D eigenvalue weighted by Crippen LogP contribution is -2.51. The van der Waals surface area contributed by atoms with E-state index in [1.165, 1.54) is 21.0 Å². The van der Waals surface area contributed by atoms with Crippen LogP contribution in [0, 0.1) is 0 Å². The van der Waals surface area contributed by atoms with Gasteiger partial charge in [-0.2, -0.15) is 4.31 Å². The van der Waals surface area contributed by atoms with E-state index in [-0.39, 0.29) is 42.7 Å². The molecule has 0 spiro atoms. The van der Waals surface area contributed by atoms with E-state index in [4.69, 9.17) is 16.3 Å². The molecule has 2 rings (SSSR count). The summed E-state index contributed by atoms with van der Waals surface area (Å²) in [4.78, 5) is 26.6. The van der Waals surface area contributed by atoms with E-state index in [0.717, 1.165) is 11.2 Å². The van der Waals surface area contributed by atoms with Gasteiger partial charge in [-0.3, -0.25) is 4.79 Å². The summed E-state index contributed by atoms with van der Waals surface area (Å²) in [6, 6.07) is 5.01. The van der Waals surface area contributed by atoms with Crippen LogP contribution in [0.2, 0.25) is 5.02 Å². The van der Waals surface area contributed by atoms with Crippen LogP contribution in [0.15, 0.2) is 23.1 Å². The average molecular weight is 407 g/mol. The molecule has 0 aromatic heterocycles. The van der Waals surface area contributed by atoms with Crippen molar-refractivity contribution in [3.63, 3.8) is 0 Å². The lowest BCUT2D eigenvalue weighted by atomic mass is 10.2. The molecule has 138 valence electrons. The first-order chi connectivity index (χ1) is 11.7. The van der Waals surface area contributed by atoms with Gasteiger partial charge in [0, 0.05) is 31.1 Å². The van der Waals surface area contributed by atoms with Crippen molar-refractivity contribution in [1.29, 1.82) is 0 Å². The van der Waals surface area contributed by atoms with Crippen LogP contribution in [0.4, 0.5) is 0 Å². The number of hydrogen-bond donors (Lipinski definition) is 0. The molecule has 1 amide bonds. The van der Waals surface area contributed by atoms with Gasteiger partial charge in [-0.1, -0.05) is 11.6 Å². The van der Waals surface area contributed by atoms with Crippen LogP contribution in [0.5, 0.6) is 0 Å². The summed E-state index contributed by atoms with van der Waals surface area (Å²) < 4.78 is 29.3. The molecule has 25 heavy (non-hydrogen) atoms. The van der Waals surface area contributed by atoms with E-state index in [0.29, 0.717) is 0 Å². The van der Waals surface area contributed by atoms with Crippen molar-refractivity contribution in [2.45, 2.75) is 4.90 Å². The summed E-state index contributed by atoms with van der Waals surface area (Å²) in [5.41, 5.74) is 0.211. The van der Waals surface area contributed by atoms with Crippen molar-refractivity contribution in [3.05, 3.63) is 28.8 Å². The quantitative estimate of drug-likeness (QED) is 0.541. The zero-order valence-corrected chi connectivity index (χ0v) is 16.3. The van der Waals surface area contributed by atoms with Crippen molar-refractivity contribution < 1.29 is 22.7 Å². The molecule has 1 aliphatic rings. The van der Waals surface area contributed by atoms with E-state index in [1.54, 1.807) is 18.2 Å². The molecule has 7 nitrogen and oxygen atoms in total. The smallest absolute Gasteiger partial charge is 0.340 e. The van der Waals surface area contributed by atoms with Gasteiger partial charge in [-0.05, 0) is 24.5 Å². The highest BCUT2D eigenvalue weighted by Crippen LogP contribution is 2.23. The molecule has 0 N–H and O–H groups in total. The number of carbonyl (C=O) groups excluding carboxylic acids is 2. The summed E-state index contributed by atoms with van der Waals surface area (Å²) in [6.07, 6.45) is 3.01. The highest BCUT2D eigenvalue weighted by molar-refractivity contribution is 7.98. The predicted molar refractivity (Wildman–Crippen MR) is 96.5 cm³/mol. The van der Waals surface area contributed by atoms with Crippen LogP contribution in [0.3, 0.4) is 0 Å². The molecule has 1 saturated heterocycles. The number of ether oxygens (including phenoxy) is 1. The van der Waals surface area contributed by atoms with Gasteiger partial charge in [0.1, 0.15) is 0 Å². The topological polar surface area (TPSA) is 84.0 Å². The van der Waals surface area contributed by atoms with Gasteiger partial charge in [-0.25, -0.2) is 13.2 Å². The molecule has 0 saturated carbocycles. The van der Waals surface area contributed by atoms with Crippen molar-refractivity contribution >= 4 is 45.3 Å². The second-order valence-corrected chi connectivity index (χ2v) is 8.73. The first-order valence-corrected chi connectivity index (χ1v) is 10.9. The van der Waals surface area contributed by atoms with E-state index in [2.05, 4.69) is 0 Å². The van der Waals surface area contributed by atoms with Gasteiger partial charge in [0.05, 0.1) is 16.8 Å². The third-order valence-electron chi connectivity index (χ3n) is 3.78. The van der Waals surface area contributed by atoms with Crippen LogP contribution >= 0.6 is 23.4 Å². The highest BCUT2D eigenvalue weighted by atomic mass is 35.5. The second kappa shape index (κ2) is 8.39. The summed E-state index contributed by atoms with van der Waals surface area (Å²) in [5, 5.41) is 0.261. The number of rotatable bonds is 5. The molecule has 1 aromatic carbocycles. The van der Waals surface area contributed by atoms with Gasteiger partial charge in [0.25, 0.3) is 5.91 Å². The Labute approximate surface area is 156 Å². The number of carbonyl (C=O) groups is 2. The summed E-state index contributed by atoms with van der Waals surface area (Å²) in [5.74, 6) is -1.03. The minimum atomic E-state index is -3.25. The minimum Gasteiger partial charge on any atom is -0.452 e. The Kier molecular flexibility index (Phi) is 6.72. The minimum absolute atomic E-state index is 0.211. The molecular weight excluding hydrogens is 388 g/mol. The molecule has 0 radical (unpaired) electrons. The van der Waals surface area contributed by atoms with Crippen molar-refractivity contribution in [1.82, 2.24) is 9.21 Å². The van der Waals surface area contributed by atoms with E-state index < -0.39 is 22.6 Å². The Morgan fingerprint density at radius 1 is 1.24 bits per heavy atom. The number of halogens is 1. The summed E-state index contributed by atoms with van der Waals surface area (Å²) in [6.45, 7) is 0.607. The third kappa shape index (κ3) is 5.34. The number of nitrogens with zero attached hydrogens (tertiary/aromatic N) is 2. The summed E-state index contributed by atoms with van der Waals surface area (Å²) >= 11 is 7.47. The molecule has 0 atom stereocenters. The number of sulfonamides is 1. The normalized spacial score (nSPS) is 15.9. The SMILES string of the molecule is CSc1ccc(Cl)c(C(=O)OCC(=O)N2CCN(S(C)(=O)=O)CC2)c1. The predicted octanol–water partition coefficient (Wildman–Crippen LogP) is 1.32. The van der Waals surface area contributed by atoms with Gasteiger partial charge in [0.15, 0.2) is 6.61 Å². The first kappa shape index (κ1) is 20.0. The fourth-order valence-corrected chi connectivity index (χ4v) is 3.81. The van der Waals surface area contributed by atoms with E-state index >= 15 is 0 Å². The highest BCUT2D eigenvalue weighted by Gasteiger charge is 2.26. The average Bonchev–Trinajstić information content (AvgIpc) is 2.59. The van der Waals surface area contributed by atoms with Crippen LogP contribution < -0.4 is 0 Å². The van der Waals surface area contributed by atoms with Crippen molar-refractivity contribution in [2.75, 3.05) is 45.3 Å². The molecule has 1 heterocycles. The standard InChI is InChI=1S/C15H19ClN2O5S2/c1-24-11-3-4-13(16)12(9-11)15(20)23-10-14(19)17-5-7-18(8-6-17)25(2,21)22/h3-4,9H,5-8,10H2,1-2H3. The van der Waals surface area contributed by atoms with Crippen molar-refractivity contribution in [2.24, 2.45) is 0 Å². The van der Waals surface area contributed by atoms with Crippen LogP contribution in [-0.2, 0) is 19.6 Å². The lowest BCUT2D eigenvalue weighted by molar-refractivity contribution is -0.135. The molecule has 0 bridgehead atoms. The number of piperazine rings is 1. The Morgan fingerprint density at radius 3 is 2.44 bits per heavy atom. The molecular formula is C15H19ClN2O5S2. The Balaban J connectivity index is 1.89. The molecule has 0 unspecified atom stereocenters. The molecule has 1 aliphatic heterocycles. The number of hydrogen-bond acceptors (Lipinski definition) is 6. The number of amides is 1. The Bertz CT molecular complexity index is 761. The molecule has 0 aliphatic carbocycles. The maximum atomic E-state index is 12.1. The largest absolute Gasteiger partial charge is 0.452 e. The monoisotopic (exact) mass is 406 g/mol. The number of thioether (sulfide) groups is 1. The molecule has 1 aromatic rings. The summed E-state index contributed by atoms with van der Waals surface area (Å²) in [7, 11) is -3.25. The zero-order valence-electron chi connectivity index (χ0n) is 13.9. The number of benzene rings is 1. The second-order valence-electron chi connectivity index (χ2n) is 5.46. The van der Waals surface area contributed by atoms with E-state index in [9.17, 15) is 18.0 Å².